The Hall–Kier alpha value is -2.28. The average molecular weight is 242 g/mol. The molecule has 0 amide bonds. The first-order valence-corrected chi connectivity index (χ1v) is 5.83. The first-order valence-electron chi connectivity index (χ1n) is 5.83. The normalized spacial score (nSPS) is 10.3. The van der Waals surface area contributed by atoms with Gasteiger partial charge in [0.15, 0.2) is 0 Å². The molecule has 0 N–H and O–H groups in total. The number of hydrogen-bond acceptors (Lipinski definition) is 3. The highest BCUT2D eigenvalue weighted by Crippen LogP contribution is 2.26. The molecule has 0 atom stereocenters. The van der Waals surface area contributed by atoms with Crippen molar-refractivity contribution in [3.05, 3.63) is 35.5 Å². The van der Waals surface area contributed by atoms with Gasteiger partial charge in [-0.1, -0.05) is 18.2 Å². The predicted molar refractivity (Wildman–Crippen MR) is 68.4 cm³/mol. The smallest absolute Gasteiger partial charge is 0.418 e. The van der Waals surface area contributed by atoms with Gasteiger partial charge in [-0.05, 0) is 25.5 Å². The molecule has 0 aliphatic heterocycles. The summed E-state index contributed by atoms with van der Waals surface area (Å²) in [5, 5.41) is 9.87. The molecule has 0 bridgehead atoms. The zero-order valence-corrected chi connectivity index (χ0v) is 10.4. The number of benzene rings is 1. The Balaban J connectivity index is 2.71. The molecule has 1 aromatic carbocycles. The van der Waals surface area contributed by atoms with E-state index in [1.807, 2.05) is 31.2 Å². The van der Waals surface area contributed by atoms with Crippen LogP contribution in [0.25, 0.3) is 10.9 Å². The molecule has 0 saturated heterocycles. The molecular weight excluding hydrogens is 228 g/mol. The van der Waals surface area contributed by atoms with E-state index in [-0.39, 0.29) is 6.42 Å². The number of ether oxygens (including phenoxy) is 1. The number of hydrogen-bond donors (Lipinski definition) is 0. The van der Waals surface area contributed by atoms with Crippen molar-refractivity contribution in [1.82, 2.24) is 4.57 Å². The van der Waals surface area contributed by atoms with Crippen LogP contribution in [0.1, 0.15) is 18.2 Å². The zero-order chi connectivity index (χ0) is 13.1. The van der Waals surface area contributed by atoms with Crippen LogP contribution in [-0.2, 0) is 11.2 Å². The van der Waals surface area contributed by atoms with Gasteiger partial charge in [0.2, 0.25) is 0 Å². The molecule has 92 valence electrons. The van der Waals surface area contributed by atoms with Gasteiger partial charge in [0.25, 0.3) is 0 Å². The second kappa shape index (κ2) is 4.92. The molecule has 4 nitrogen and oxygen atoms in total. The first-order chi connectivity index (χ1) is 8.70. The Bertz CT molecular complexity index is 635. The Morgan fingerprint density at radius 3 is 2.83 bits per heavy atom. The third-order valence-corrected chi connectivity index (χ3v) is 2.95. The molecule has 2 aromatic rings. The van der Waals surface area contributed by atoms with Crippen LogP contribution >= 0.6 is 0 Å². The van der Waals surface area contributed by atoms with Crippen molar-refractivity contribution in [3.63, 3.8) is 0 Å². The summed E-state index contributed by atoms with van der Waals surface area (Å²) in [5.74, 6) is 0. The fraction of sp³-hybridized carbons (Fsp3) is 0.286. The number of para-hydroxylation sites is 1. The number of fused-ring (bicyclic) bond motifs is 1. The molecule has 0 saturated carbocycles. The van der Waals surface area contributed by atoms with Gasteiger partial charge in [0, 0.05) is 11.1 Å². The summed E-state index contributed by atoms with van der Waals surface area (Å²) in [6.45, 7) is 4.00. The summed E-state index contributed by atoms with van der Waals surface area (Å²) < 4.78 is 6.55. The third-order valence-electron chi connectivity index (χ3n) is 2.95. The molecule has 1 aromatic heterocycles. The Labute approximate surface area is 105 Å². The Kier molecular flexibility index (Phi) is 3.33. The van der Waals surface area contributed by atoms with Gasteiger partial charge in [-0.15, -0.1) is 0 Å². The number of rotatable bonds is 2. The maximum Gasteiger partial charge on any atom is 0.418 e. The fourth-order valence-electron chi connectivity index (χ4n) is 2.14. The van der Waals surface area contributed by atoms with E-state index in [0.29, 0.717) is 12.3 Å². The van der Waals surface area contributed by atoms with Crippen molar-refractivity contribution in [1.29, 1.82) is 5.26 Å². The van der Waals surface area contributed by atoms with Crippen LogP contribution in [-0.4, -0.2) is 17.3 Å². The van der Waals surface area contributed by atoms with Crippen LogP contribution in [0.15, 0.2) is 24.3 Å². The molecule has 0 aliphatic carbocycles. The van der Waals surface area contributed by atoms with Crippen LogP contribution in [0.5, 0.6) is 0 Å². The molecular formula is C14H14N2O2. The molecule has 0 unspecified atom stereocenters. The molecule has 0 aliphatic rings. The lowest BCUT2D eigenvalue weighted by Crippen LogP contribution is -2.16. The van der Waals surface area contributed by atoms with Crippen LogP contribution in [0.4, 0.5) is 4.79 Å². The fourth-order valence-corrected chi connectivity index (χ4v) is 2.14. The maximum atomic E-state index is 12.0. The highest BCUT2D eigenvalue weighted by atomic mass is 16.5. The van der Waals surface area contributed by atoms with Crippen molar-refractivity contribution in [2.75, 3.05) is 6.61 Å². The Morgan fingerprint density at radius 1 is 1.44 bits per heavy atom. The quantitative estimate of drug-likeness (QED) is 0.813. The molecule has 0 fully saturated rings. The predicted octanol–water partition coefficient (Wildman–Crippen LogP) is 3.02. The number of carbonyl (C=O) groups excluding carboxylic acids is 1. The zero-order valence-electron chi connectivity index (χ0n) is 10.4. The minimum Gasteiger partial charge on any atom is -0.449 e. The summed E-state index contributed by atoms with van der Waals surface area (Å²) in [5.41, 5.74) is 2.45. The van der Waals surface area contributed by atoms with E-state index in [1.165, 1.54) is 4.57 Å². The summed E-state index contributed by atoms with van der Waals surface area (Å²) in [4.78, 5) is 12.0. The van der Waals surface area contributed by atoms with Gasteiger partial charge in [0.05, 0.1) is 24.6 Å². The monoisotopic (exact) mass is 242 g/mol. The highest BCUT2D eigenvalue weighted by Gasteiger charge is 2.19. The molecule has 2 rings (SSSR count). The molecule has 4 heteroatoms. The van der Waals surface area contributed by atoms with Gasteiger partial charge in [-0.3, -0.25) is 0 Å². The van der Waals surface area contributed by atoms with E-state index in [9.17, 15) is 4.79 Å². The van der Waals surface area contributed by atoms with Gasteiger partial charge in [-0.2, -0.15) is 5.26 Å². The van der Waals surface area contributed by atoms with Crippen LogP contribution < -0.4 is 0 Å². The summed E-state index contributed by atoms with van der Waals surface area (Å²) in [6.07, 6.45) is -0.230. The average Bonchev–Trinajstić information content (AvgIpc) is 2.65. The van der Waals surface area contributed by atoms with Crippen LogP contribution in [0, 0.1) is 18.3 Å². The highest BCUT2D eigenvalue weighted by molar-refractivity contribution is 5.93. The summed E-state index contributed by atoms with van der Waals surface area (Å²) >= 11 is 0. The van der Waals surface area contributed by atoms with Gasteiger partial charge < -0.3 is 4.74 Å². The van der Waals surface area contributed by atoms with Crippen molar-refractivity contribution < 1.29 is 9.53 Å². The third kappa shape index (κ3) is 1.84. The van der Waals surface area contributed by atoms with E-state index in [1.54, 1.807) is 6.92 Å². The van der Waals surface area contributed by atoms with Crippen LogP contribution in [0.3, 0.4) is 0 Å². The SMILES string of the molecule is CCOC(=O)n1c(CC#N)c(C)c2ccccc21. The Morgan fingerprint density at radius 2 is 2.17 bits per heavy atom. The first kappa shape index (κ1) is 12.2. The van der Waals surface area contributed by atoms with E-state index in [4.69, 9.17) is 10.00 Å². The van der Waals surface area contributed by atoms with Gasteiger partial charge >= 0.3 is 6.09 Å². The lowest BCUT2D eigenvalue weighted by atomic mass is 10.1. The number of carbonyl (C=O) groups is 1. The van der Waals surface area contributed by atoms with E-state index in [2.05, 4.69) is 6.07 Å². The van der Waals surface area contributed by atoms with Crippen molar-refractivity contribution >= 4 is 17.0 Å². The van der Waals surface area contributed by atoms with Crippen molar-refractivity contribution in [2.24, 2.45) is 0 Å². The summed E-state index contributed by atoms with van der Waals surface area (Å²) in [7, 11) is 0. The number of nitrogens with zero attached hydrogens (tertiary/aromatic N) is 2. The van der Waals surface area contributed by atoms with Crippen molar-refractivity contribution in [2.45, 2.75) is 20.3 Å². The number of aryl methyl sites for hydroxylation is 1. The van der Waals surface area contributed by atoms with Gasteiger partial charge in [-0.25, -0.2) is 9.36 Å². The topological polar surface area (TPSA) is 55.0 Å². The van der Waals surface area contributed by atoms with Gasteiger partial charge in [0.1, 0.15) is 0 Å². The lowest BCUT2D eigenvalue weighted by molar-refractivity contribution is 0.154. The lowest BCUT2D eigenvalue weighted by Gasteiger charge is -2.07. The largest absolute Gasteiger partial charge is 0.449 e. The standard InChI is InChI=1S/C14H14N2O2/c1-3-18-14(17)16-12(8-9-15)10(2)11-6-4-5-7-13(11)16/h4-7H,3,8H2,1-2H3. The van der Waals surface area contributed by atoms with E-state index in [0.717, 1.165) is 16.5 Å². The number of nitriles is 1. The molecule has 0 spiro atoms. The second-order valence-corrected chi connectivity index (χ2v) is 3.96. The second-order valence-electron chi connectivity index (χ2n) is 3.96. The minimum absolute atomic E-state index is 0.194. The maximum absolute atomic E-state index is 12.0. The van der Waals surface area contributed by atoms with E-state index >= 15 is 0 Å². The molecule has 1 heterocycles. The van der Waals surface area contributed by atoms with Crippen molar-refractivity contribution in [3.8, 4) is 6.07 Å². The van der Waals surface area contributed by atoms with Crippen LogP contribution in [0.2, 0.25) is 0 Å². The molecule has 0 radical (unpaired) electrons. The number of aromatic nitrogens is 1. The minimum atomic E-state index is -0.424. The summed E-state index contributed by atoms with van der Waals surface area (Å²) in [6, 6.07) is 9.69. The molecule has 18 heavy (non-hydrogen) atoms. The van der Waals surface area contributed by atoms with E-state index < -0.39 is 6.09 Å².